The molecule has 1 amide bonds. The molecule has 0 aliphatic carbocycles. The Kier molecular flexibility index (Phi) is 6.78. The Morgan fingerprint density at radius 3 is 2.23 bits per heavy atom. The van der Waals surface area contributed by atoms with E-state index in [1.165, 1.54) is 31.4 Å². The van der Waals surface area contributed by atoms with Crippen molar-refractivity contribution in [3.05, 3.63) is 24.3 Å². The zero-order valence-electron chi connectivity index (χ0n) is 16.2. The van der Waals surface area contributed by atoms with Gasteiger partial charge in [0.15, 0.2) is 0 Å². The lowest BCUT2D eigenvalue weighted by Gasteiger charge is -2.35. The van der Waals surface area contributed by atoms with Gasteiger partial charge in [-0.2, -0.15) is 0 Å². The Bertz CT molecular complexity index is 559. The van der Waals surface area contributed by atoms with Gasteiger partial charge in [-0.15, -0.1) is 0 Å². The molecule has 5 nitrogen and oxygen atoms in total. The number of carbonyl (C=O) groups is 1. The van der Waals surface area contributed by atoms with E-state index in [9.17, 15) is 4.79 Å². The second-order valence-corrected chi connectivity index (χ2v) is 7.59. The van der Waals surface area contributed by atoms with Gasteiger partial charge in [-0.25, -0.2) is 0 Å². The molecule has 2 heterocycles. The van der Waals surface area contributed by atoms with Crippen molar-refractivity contribution in [2.24, 2.45) is 0 Å². The molecule has 2 aliphatic heterocycles. The van der Waals surface area contributed by atoms with Crippen molar-refractivity contribution in [1.82, 2.24) is 10.2 Å². The van der Waals surface area contributed by atoms with Gasteiger partial charge in [-0.3, -0.25) is 9.69 Å². The summed E-state index contributed by atoms with van der Waals surface area (Å²) in [5.41, 5.74) is 1.23. The first kappa shape index (κ1) is 19.0. The Morgan fingerprint density at radius 2 is 1.65 bits per heavy atom. The first-order chi connectivity index (χ1) is 12.7. The first-order valence-corrected chi connectivity index (χ1v) is 10.1. The normalized spacial score (nSPS) is 21.1. The van der Waals surface area contributed by atoms with Gasteiger partial charge in [0, 0.05) is 24.8 Å². The molecular weight excluding hydrogens is 326 g/mol. The van der Waals surface area contributed by atoms with Crippen LogP contribution < -0.4 is 15.0 Å². The van der Waals surface area contributed by atoms with E-state index < -0.39 is 0 Å². The molecule has 5 heteroatoms. The van der Waals surface area contributed by atoms with Crippen LogP contribution in [0, 0.1) is 0 Å². The zero-order valence-corrected chi connectivity index (χ0v) is 16.2. The zero-order chi connectivity index (χ0) is 18.4. The highest BCUT2D eigenvalue weighted by Gasteiger charge is 2.26. The van der Waals surface area contributed by atoms with Crippen molar-refractivity contribution >= 4 is 11.6 Å². The largest absolute Gasteiger partial charge is 0.497 e. The third kappa shape index (κ3) is 4.91. The van der Waals surface area contributed by atoms with Gasteiger partial charge < -0.3 is 15.0 Å². The number of carbonyl (C=O) groups excluding carboxylic acids is 1. The van der Waals surface area contributed by atoms with Gasteiger partial charge in [0.1, 0.15) is 5.75 Å². The number of nitrogens with one attached hydrogen (secondary N) is 1. The molecule has 2 aliphatic rings. The van der Waals surface area contributed by atoms with Crippen molar-refractivity contribution in [2.45, 2.75) is 57.5 Å². The highest BCUT2D eigenvalue weighted by Crippen LogP contribution is 2.23. The van der Waals surface area contributed by atoms with Crippen LogP contribution in [0.2, 0.25) is 0 Å². The topological polar surface area (TPSA) is 44.8 Å². The van der Waals surface area contributed by atoms with Crippen molar-refractivity contribution < 1.29 is 9.53 Å². The molecule has 1 N–H and O–H groups in total. The lowest BCUT2D eigenvalue weighted by molar-refractivity contribution is -0.126. The van der Waals surface area contributed by atoms with E-state index in [1.807, 2.05) is 12.1 Å². The fourth-order valence-electron chi connectivity index (χ4n) is 4.05. The van der Waals surface area contributed by atoms with E-state index in [2.05, 4.69) is 34.2 Å². The van der Waals surface area contributed by atoms with Gasteiger partial charge in [0.25, 0.3) is 0 Å². The fraction of sp³-hybridized carbons (Fsp3) is 0.667. The van der Waals surface area contributed by atoms with Crippen LogP contribution in [-0.4, -0.2) is 56.2 Å². The van der Waals surface area contributed by atoms with Gasteiger partial charge >= 0.3 is 0 Å². The molecule has 1 aromatic rings. The SMILES string of the molecule is COc1ccc(N2CCC(NC(=O)C(C)N3CCCCCC3)CC2)cc1. The summed E-state index contributed by atoms with van der Waals surface area (Å²) in [6.45, 7) is 6.15. The molecule has 3 rings (SSSR count). The summed E-state index contributed by atoms with van der Waals surface area (Å²) in [7, 11) is 1.69. The number of hydrogen-bond donors (Lipinski definition) is 1. The minimum Gasteiger partial charge on any atom is -0.497 e. The Labute approximate surface area is 157 Å². The molecule has 2 fully saturated rings. The molecule has 1 unspecified atom stereocenters. The van der Waals surface area contributed by atoms with Gasteiger partial charge in [-0.1, -0.05) is 12.8 Å². The number of ether oxygens (including phenoxy) is 1. The smallest absolute Gasteiger partial charge is 0.237 e. The summed E-state index contributed by atoms with van der Waals surface area (Å²) in [6.07, 6.45) is 7.05. The van der Waals surface area contributed by atoms with Crippen molar-refractivity contribution in [3.8, 4) is 5.75 Å². The summed E-state index contributed by atoms with van der Waals surface area (Å²) in [5, 5.41) is 3.30. The molecule has 144 valence electrons. The molecule has 0 saturated carbocycles. The molecule has 0 radical (unpaired) electrons. The minimum atomic E-state index is -0.00674. The predicted molar refractivity (Wildman–Crippen MR) is 106 cm³/mol. The summed E-state index contributed by atoms with van der Waals surface area (Å²) < 4.78 is 5.23. The van der Waals surface area contributed by atoms with E-state index in [0.717, 1.165) is 44.8 Å². The van der Waals surface area contributed by atoms with E-state index >= 15 is 0 Å². The third-order valence-electron chi connectivity index (χ3n) is 5.85. The maximum Gasteiger partial charge on any atom is 0.237 e. The second-order valence-electron chi connectivity index (χ2n) is 7.59. The van der Waals surface area contributed by atoms with E-state index in [1.54, 1.807) is 7.11 Å². The van der Waals surface area contributed by atoms with Crippen LogP contribution in [0.5, 0.6) is 5.75 Å². The van der Waals surface area contributed by atoms with Crippen LogP contribution >= 0.6 is 0 Å². The fourth-order valence-corrected chi connectivity index (χ4v) is 4.05. The Morgan fingerprint density at radius 1 is 1.04 bits per heavy atom. The quantitative estimate of drug-likeness (QED) is 0.878. The average molecular weight is 360 g/mol. The van der Waals surface area contributed by atoms with Crippen LogP contribution in [0.3, 0.4) is 0 Å². The summed E-state index contributed by atoms with van der Waals surface area (Å²) in [5.74, 6) is 1.09. The highest BCUT2D eigenvalue weighted by atomic mass is 16.5. The molecule has 0 spiro atoms. The maximum atomic E-state index is 12.7. The summed E-state index contributed by atoms with van der Waals surface area (Å²) in [4.78, 5) is 17.4. The lowest BCUT2D eigenvalue weighted by atomic mass is 10.0. The number of anilines is 1. The standard InChI is InChI=1S/C21H33N3O2/c1-17(23-13-5-3-4-6-14-23)21(25)22-18-11-15-24(16-12-18)19-7-9-20(26-2)10-8-19/h7-10,17-18H,3-6,11-16H2,1-2H3,(H,22,25). The maximum absolute atomic E-state index is 12.7. The number of likely N-dealkylation sites (tertiary alicyclic amines) is 1. The van der Waals surface area contributed by atoms with Gasteiger partial charge in [0.05, 0.1) is 13.2 Å². The molecule has 1 atom stereocenters. The second kappa shape index (κ2) is 9.26. The molecule has 26 heavy (non-hydrogen) atoms. The van der Waals surface area contributed by atoms with E-state index in [-0.39, 0.29) is 11.9 Å². The average Bonchev–Trinajstić information content (AvgIpc) is 2.97. The Balaban J connectivity index is 1.46. The lowest BCUT2D eigenvalue weighted by Crippen LogP contribution is -2.51. The molecule has 0 bridgehead atoms. The van der Waals surface area contributed by atoms with Crippen LogP contribution in [0.25, 0.3) is 0 Å². The molecule has 0 aromatic heterocycles. The van der Waals surface area contributed by atoms with Crippen molar-refractivity contribution in [3.63, 3.8) is 0 Å². The first-order valence-electron chi connectivity index (χ1n) is 10.1. The number of benzene rings is 1. The molecule has 2 saturated heterocycles. The van der Waals surface area contributed by atoms with Crippen molar-refractivity contribution in [1.29, 1.82) is 0 Å². The van der Waals surface area contributed by atoms with Crippen LogP contribution in [0.15, 0.2) is 24.3 Å². The number of hydrogen-bond acceptors (Lipinski definition) is 4. The minimum absolute atomic E-state index is 0.00674. The Hall–Kier alpha value is -1.75. The van der Waals surface area contributed by atoms with Crippen LogP contribution in [0.4, 0.5) is 5.69 Å². The van der Waals surface area contributed by atoms with Crippen LogP contribution in [0.1, 0.15) is 45.4 Å². The molecular formula is C21H33N3O2. The van der Waals surface area contributed by atoms with E-state index in [0.29, 0.717) is 6.04 Å². The summed E-state index contributed by atoms with van der Waals surface area (Å²) >= 11 is 0. The van der Waals surface area contributed by atoms with Gasteiger partial charge in [0.2, 0.25) is 5.91 Å². The number of amides is 1. The molecule has 1 aromatic carbocycles. The monoisotopic (exact) mass is 359 g/mol. The van der Waals surface area contributed by atoms with Crippen molar-refractivity contribution in [2.75, 3.05) is 38.2 Å². The number of methoxy groups -OCH3 is 1. The summed E-state index contributed by atoms with van der Waals surface area (Å²) in [6, 6.07) is 8.52. The third-order valence-corrected chi connectivity index (χ3v) is 5.85. The highest BCUT2D eigenvalue weighted by molar-refractivity contribution is 5.81. The number of piperidine rings is 1. The van der Waals surface area contributed by atoms with Crippen LogP contribution in [-0.2, 0) is 4.79 Å². The number of nitrogens with zero attached hydrogens (tertiary/aromatic N) is 2. The predicted octanol–water partition coefficient (Wildman–Crippen LogP) is 3.04. The van der Waals surface area contributed by atoms with E-state index in [4.69, 9.17) is 4.74 Å². The van der Waals surface area contributed by atoms with Gasteiger partial charge in [-0.05, 0) is 70.0 Å². The number of rotatable bonds is 5.